The quantitative estimate of drug-likeness (QED) is 0.420. The number of hydrogen-bond acceptors (Lipinski definition) is 7. The Morgan fingerprint density at radius 2 is 1.91 bits per heavy atom. The van der Waals surface area contributed by atoms with Gasteiger partial charge in [-0.15, -0.1) is 11.3 Å². The van der Waals surface area contributed by atoms with Gasteiger partial charge in [-0.2, -0.15) is 0 Å². The third kappa shape index (κ3) is 4.15. The van der Waals surface area contributed by atoms with E-state index in [4.69, 9.17) is 0 Å². The minimum absolute atomic E-state index is 0.0462. The summed E-state index contributed by atoms with van der Waals surface area (Å²) in [7, 11) is 0. The van der Waals surface area contributed by atoms with E-state index in [2.05, 4.69) is 25.5 Å². The van der Waals surface area contributed by atoms with Gasteiger partial charge in [0, 0.05) is 33.4 Å². The fourth-order valence-electron chi connectivity index (χ4n) is 3.26. The van der Waals surface area contributed by atoms with Gasteiger partial charge in [-0.25, -0.2) is 19.7 Å². The number of amides is 1. The van der Waals surface area contributed by atoms with Crippen LogP contribution in [-0.4, -0.2) is 27.9 Å². The molecule has 0 atom stereocenters. The summed E-state index contributed by atoms with van der Waals surface area (Å²) >= 11 is 1.34. The fourth-order valence-corrected chi connectivity index (χ4v) is 4.16. The van der Waals surface area contributed by atoms with Crippen molar-refractivity contribution < 1.29 is 19.1 Å². The van der Waals surface area contributed by atoms with Crippen molar-refractivity contribution in [3.8, 4) is 11.3 Å². The number of carbonyl (C=O) groups excluding carboxylic acids is 2. The number of nitrogens with one attached hydrogen (secondary N) is 2. The number of carbonyl (C=O) groups is 2. The number of halogens is 1. The van der Waals surface area contributed by atoms with E-state index in [0.717, 1.165) is 28.6 Å². The number of aromatic nitrogens is 2. The summed E-state index contributed by atoms with van der Waals surface area (Å²) in [6, 6.07) is 16.1. The van der Waals surface area contributed by atoms with E-state index in [9.17, 15) is 14.1 Å². The maximum absolute atomic E-state index is 12.6. The first-order chi connectivity index (χ1) is 15.6. The SMILES string of the molecule is O=C(Nc1ccc(-c2ccc(C(=O)OF)c(NC3CC3)n2)cc1)c1cc2cccnc2s1. The Morgan fingerprint density at radius 3 is 2.62 bits per heavy atom. The van der Waals surface area contributed by atoms with Crippen molar-refractivity contribution in [2.24, 2.45) is 0 Å². The van der Waals surface area contributed by atoms with Crippen molar-refractivity contribution in [2.45, 2.75) is 18.9 Å². The maximum Gasteiger partial charge on any atom is 0.383 e. The van der Waals surface area contributed by atoms with Crippen LogP contribution in [0.25, 0.3) is 21.5 Å². The van der Waals surface area contributed by atoms with Gasteiger partial charge in [0.1, 0.15) is 16.2 Å². The lowest BCUT2D eigenvalue weighted by Crippen LogP contribution is -2.11. The summed E-state index contributed by atoms with van der Waals surface area (Å²) in [6.45, 7) is 0. The Morgan fingerprint density at radius 1 is 1.09 bits per heavy atom. The predicted molar refractivity (Wildman–Crippen MR) is 120 cm³/mol. The molecule has 9 heteroatoms. The standard InChI is InChI=1S/C23H17FN4O3S/c24-31-23(30)17-9-10-18(28-20(17)26-15-7-8-15)13-3-5-16(6-4-13)27-21(29)19-12-14-2-1-11-25-22(14)32-19/h1-6,9-12,15H,7-8H2,(H,26,28)(H,27,29). The van der Waals surface area contributed by atoms with Crippen molar-refractivity contribution in [3.05, 3.63) is 71.2 Å². The molecule has 2 N–H and O–H groups in total. The molecule has 1 aromatic carbocycles. The second-order valence-corrected chi connectivity index (χ2v) is 8.45. The Bertz CT molecular complexity index is 1290. The zero-order chi connectivity index (χ0) is 22.1. The van der Waals surface area contributed by atoms with E-state index >= 15 is 0 Å². The number of rotatable bonds is 6. The summed E-state index contributed by atoms with van der Waals surface area (Å²) in [6.07, 6.45) is 3.65. The second-order valence-electron chi connectivity index (χ2n) is 7.42. The van der Waals surface area contributed by atoms with E-state index in [1.54, 1.807) is 24.4 Å². The lowest BCUT2D eigenvalue weighted by molar-refractivity contribution is -0.0787. The number of nitrogens with zero attached hydrogens (tertiary/aromatic N) is 2. The molecule has 7 nitrogen and oxygen atoms in total. The van der Waals surface area contributed by atoms with Gasteiger partial charge in [0.15, 0.2) is 0 Å². The summed E-state index contributed by atoms with van der Waals surface area (Å²) in [5.74, 6) is -0.992. The van der Waals surface area contributed by atoms with Crippen LogP contribution >= 0.6 is 11.3 Å². The topological polar surface area (TPSA) is 93.2 Å². The smallest absolute Gasteiger partial charge is 0.367 e. The van der Waals surface area contributed by atoms with Crippen LogP contribution in [0.15, 0.2) is 60.8 Å². The van der Waals surface area contributed by atoms with Gasteiger partial charge >= 0.3 is 5.97 Å². The molecule has 3 aromatic heterocycles. The minimum Gasteiger partial charge on any atom is -0.367 e. The van der Waals surface area contributed by atoms with E-state index in [1.807, 2.05) is 30.3 Å². The van der Waals surface area contributed by atoms with E-state index in [0.29, 0.717) is 22.1 Å². The van der Waals surface area contributed by atoms with E-state index < -0.39 is 5.97 Å². The highest BCUT2D eigenvalue weighted by Crippen LogP contribution is 2.29. The minimum atomic E-state index is -1.08. The van der Waals surface area contributed by atoms with Gasteiger partial charge in [-0.05, 0) is 49.2 Å². The third-order valence-corrected chi connectivity index (χ3v) is 6.12. The van der Waals surface area contributed by atoms with Crippen molar-refractivity contribution in [2.75, 3.05) is 10.6 Å². The van der Waals surface area contributed by atoms with Gasteiger partial charge in [-0.3, -0.25) is 4.79 Å². The van der Waals surface area contributed by atoms with Crippen LogP contribution in [0, 0.1) is 0 Å². The van der Waals surface area contributed by atoms with Crippen molar-refractivity contribution in [3.63, 3.8) is 0 Å². The van der Waals surface area contributed by atoms with Crippen LogP contribution in [-0.2, 0) is 4.94 Å². The van der Waals surface area contributed by atoms with Crippen molar-refractivity contribution in [1.29, 1.82) is 0 Å². The molecule has 1 fully saturated rings. The Balaban J connectivity index is 1.34. The number of thiophene rings is 1. The molecular weight excluding hydrogens is 431 g/mol. The van der Waals surface area contributed by atoms with Gasteiger partial charge in [0.25, 0.3) is 5.91 Å². The highest BCUT2D eigenvalue weighted by Gasteiger charge is 2.25. The molecule has 3 heterocycles. The first-order valence-electron chi connectivity index (χ1n) is 9.97. The molecule has 1 aliphatic carbocycles. The first kappa shape index (κ1) is 20.1. The highest BCUT2D eigenvalue weighted by molar-refractivity contribution is 7.20. The molecule has 5 rings (SSSR count). The van der Waals surface area contributed by atoms with Crippen LogP contribution in [0.2, 0.25) is 0 Å². The summed E-state index contributed by atoms with van der Waals surface area (Å²) < 4.78 is 12.4. The average Bonchev–Trinajstić information content (AvgIpc) is 3.53. The van der Waals surface area contributed by atoms with Crippen LogP contribution in [0.3, 0.4) is 0 Å². The van der Waals surface area contributed by atoms with E-state index in [-0.39, 0.29) is 17.5 Å². The van der Waals surface area contributed by atoms with Gasteiger partial charge < -0.3 is 10.6 Å². The molecule has 32 heavy (non-hydrogen) atoms. The zero-order valence-electron chi connectivity index (χ0n) is 16.7. The highest BCUT2D eigenvalue weighted by atomic mass is 32.1. The third-order valence-electron chi connectivity index (χ3n) is 5.06. The lowest BCUT2D eigenvalue weighted by atomic mass is 10.1. The fraction of sp³-hybridized carbons (Fsp3) is 0.130. The zero-order valence-corrected chi connectivity index (χ0v) is 17.5. The summed E-state index contributed by atoms with van der Waals surface area (Å²) in [5, 5.41) is 6.95. The Kier molecular flexibility index (Phi) is 5.24. The summed E-state index contributed by atoms with van der Waals surface area (Å²) in [4.78, 5) is 37.8. The van der Waals surface area contributed by atoms with Gasteiger partial charge in [0.05, 0.1) is 10.6 Å². The Labute approximate surface area is 186 Å². The first-order valence-corrected chi connectivity index (χ1v) is 10.8. The molecule has 4 aromatic rings. The van der Waals surface area contributed by atoms with Crippen LogP contribution in [0.4, 0.5) is 16.0 Å². The largest absolute Gasteiger partial charge is 0.383 e. The van der Waals surface area contributed by atoms with Crippen LogP contribution in [0.1, 0.15) is 32.9 Å². The van der Waals surface area contributed by atoms with Crippen LogP contribution < -0.4 is 10.6 Å². The number of benzene rings is 1. The molecule has 0 saturated heterocycles. The molecule has 1 saturated carbocycles. The molecule has 1 amide bonds. The number of anilines is 2. The van der Waals surface area contributed by atoms with Crippen molar-refractivity contribution >= 4 is 44.9 Å². The molecule has 0 unspecified atom stereocenters. The molecule has 160 valence electrons. The molecule has 0 bridgehead atoms. The van der Waals surface area contributed by atoms with Gasteiger partial charge in [0.2, 0.25) is 0 Å². The molecule has 0 radical (unpaired) electrons. The maximum atomic E-state index is 12.6. The monoisotopic (exact) mass is 448 g/mol. The number of hydrogen-bond donors (Lipinski definition) is 2. The van der Waals surface area contributed by atoms with Gasteiger partial charge in [-0.1, -0.05) is 18.2 Å². The molecule has 1 aliphatic rings. The summed E-state index contributed by atoms with van der Waals surface area (Å²) in [5.41, 5.74) is 2.08. The average molecular weight is 448 g/mol. The van der Waals surface area contributed by atoms with E-state index in [1.165, 1.54) is 17.4 Å². The second kappa shape index (κ2) is 8.35. The number of pyridine rings is 2. The molecule has 0 spiro atoms. The van der Waals surface area contributed by atoms with Crippen LogP contribution in [0.5, 0.6) is 0 Å². The predicted octanol–water partition coefficient (Wildman–Crippen LogP) is 5.23. The number of fused-ring (bicyclic) bond motifs is 1. The normalized spacial score (nSPS) is 13.0. The lowest BCUT2D eigenvalue weighted by Gasteiger charge is -2.11. The molecule has 0 aliphatic heterocycles. The Hall–Kier alpha value is -3.85. The molecular formula is C23H17FN4O3S. The van der Waals surface area contributed by atoms with Crippen molar-refractivity contribution in [1.82, 2.24) is 9.97 Å².